The van der Waals surface area contributed by atoms with Gasteiger partial charge in [0.2, 0.25) is 0 Å². The van der Waals surface area contributed by atoms with Crippen LogP contribution in [0.4, 0.5) is 14.5 Å². The molecule has 4 atom stereocenters. The van der Waals surface area contributed by atoms with Crippen molar-refractivity contribution in [2.24, 2.45) is 7.05 Å². The summed E-state index contributed by atoms with van der Waals surface area (Å²) in [6.45, 7) is -0.0517. The van der Waals surface area contributed by atoms with Crippen LogP contribution in [-0.2, 0) is 23.2 Å². The highest BCUT2D eigenvalue weighted by molar-refractivity contribution is 6.58. The molecule has 0 unspecified atom stereocenters. The molecule has 6 rings (SSSR count). The normalized spacial score (nSPS) is 28.1. The maximum absolute atomic E-state index is 14.6. The lowest BCUT2D eigenvalue weighted by molar-refractivity contribution is -0.122. The zero-order valence-electron chi connectivity index (χ0n) is 19.6. The Morgan fingerprint density at radius 2 is 1.66 bits per heavy atom. The molecule has 3 aromatic rings. The van der Waals surface area contributed by atoms with Gasteiger partial charge in [0, 0.05) is 19.4 Å². The number of anilines is 1. The van der Waals surface area contributed by atoms with E-state index in [-0.39, 0.29) is 24.2 Å². The van der Waals surface area contributed by atoms with Crippen molar-refractivity contribution in [2.75, 3.05) is 4.90 Å². The third kappa shape index (κ3) is 2.91. The summed E-state index contributed by atoms with van der Waals surface area (Å²) in [5.41, 5.74) is -0.729. The van der Waals surface area contributed by atoms with Crippen LogP contribution >= 0.6 is 23.2 Å². The van der Waals surface area contributed by atoms with Crippen LogP contribution in [0.2, 0.25) is 0 Å². The number of carbonyl (C=O) groups excluding carboxylic acids is 2. The van der Waals surface area contributed by atoms with E-state index in [1.807, 2.05) is 0 Å². The van der Waals surface area contributed by atoms with E-state index < -0.39 is 62.3 Å². The number of phenols is 1. The van der Waals surface area contributed by atoms with Crippen LogP contribution < -0.4 is 16.3 Å². The Hall–Kier alpha value is -3.70. The molecule has 0 bridgehead atoms. The molecule has 3 heterocycles. The summed E-state index contributed by atoms with van der Waals surface area (Å²) in [4.78, 5) is 50.1. The highest BCUT2D eigenvalue weighted by Gasteiger charge is 2.75. The van der Waals surface area contributed by atoms with E-state index in [0.717, 1.165) is 33.7 Å². The summed E-state index contributed by atoms with van der Waals surface area (Å²) in [7, 11) is 1.31. The van der Waals surface area contributed by atoms with Crippen LogP contribution in [0.5, 0.6) is 5.75 Å². The van der Waals surface area contributed by atoms with Crippen molar-refractivity contribution in [3.63, 3.8) is 0 Å². The molecule has 1 saturated carbocycles. The predicted molar refractivity (Wildman–Crippen MR) is 133 cm³/mol. The minimum atomic E-state index is -2.20. The van der Waals surface area contributed by atoms with Gasteiger partial charge in [0.15, 0.2) is 21.3 Å². The monoisotopic (exact) mass is 562 g/mol. The summed E-state index contributed by atoms with van der Waals surface area (Å²) in [5.74, 6) is -5.30. The molecule has 1 saturated heterocycles. The van der Waals surface area contributed by atoms with E-state index in [2.05, 4.69) is 0 Å². The summed E-state index contributed by atoms with van der Waals surface area (Å²) in [5, 5.41) is 9.79. The average molecular weight is 563 g/mol. The molecule has 1 aromatic heterocycles. The third-order valence-electron chi connectivity index (χ3n) is 7.66. The first kappa shape index (κ1) is 24.6. The number of rotatable bonds is 2. The number of aromatic hydroxyl groups is 1. The van der Waals surface area contributed by atoms with Crippen LogP contribution in [0.25, 0.3) is 0 Å². The van der Waals surface area contributed by atoms with Gasteiger partial charge in [-0.2, -0.15) is 0 Å². The lowest BCUT2D eigenvalue weighted by Crippen LogP contribution is -2.59. The number of aromatic nitrogens is 3. The number of carbonyl (C=O) groups is 2. The molecule has 1 aliphatic carbocycles. The highest BCUT2D eigenvalue weighted by Crippen LogP contribution is 2.63. The van der Waals surface area contributed by atoms with E-state index in [1.165, 1.54) is 34.6 Å². The van der Waals surface area contributed by atoms with E-state index >= 15 is 0 Å². The number of imide groups is 1. The van der Waals surface area contributed by atoms with Gasteiger partial charge in [-0.3, -0.25) is 9.59 Å². The van der Waals surface area contributed by atoms with Crippen molar-refractivity contribution in [1.82, 2.24) is 13.9 Å². The number of allylic oxidation sites excluding steroid dienone is 2. The number of amides is 2. The first-order valence-corrected chi connectivity index (χ1v) is 12.3. The minimum Gasteiger partial charge on any atom is -0.505 e. The molecule has 2 fully saturated rings. The molecule has 1 N–H and O–H groups in total. The van der Waals surface area contributed by atoms with Crippen LogP contribution in [-0.4, -0.2) is 40.6 Å². The lowest BCUT2D eigenvalue weighted by atomic mass is 9.64. The summed E-state index contributed by atoms with van der Waals surface area (Å²) in [6, 6.07) is 7.01. The quantitative estimate of drug-likeness (QED) is 0.293. The van der Waals surface area contributed by atoms with Crippen LogP contribution in [0, 0.1) is 11.6 Å². The molecule has 9 nitrogen and oxygen atoms in total. The van der Waals surface area contributed by atoms with Gasteiger partial charge in [-0.1, -0.05) is 12.1 Å². The molecule has 2 aliphatic heterocycles. The summed E-state index contributed by atoms with van der Waals surface area (Å²) >= 11 is 14.2. The highest BCUT2D eigenvalue weighted by atomic mass is 35.5. The van der Waals surface area contributed by atoms with E-state index in [4.69, 9.17) is 23.2 Å². The number of nitrogens with zero attached hydrogens (tertiary/aromatic N) is 4. The lowest BCUT2D eigenvalue weighted by Gasteiger charge is -2.49. The molecule has 2 amide bonds. The smallest absolute Gasteiger partial charge is 0.347 e. The Balaban J connectivity index is 1.63. The number of phenolic OH excluding ortho intramolecular Hbond substituents is 1. The SMILES string of the molecule is Cn1c(=O)n2n(c1=O)[C@@H]1C[C@@]3(Cl)C(=O)N(c4ccc(F)cc4)C(=O)[C@@]3(Cl)[C@@H](c3ccc(O)c(F)c3)C1=CC2. The van der Waals surface area contributed by atoms with Gasteiger partial charge in [-0.25, -0.2) is 37.2 Å². The maximum atomic E-state index is 14.6. The molecule has 0 radical (unpaired) electrons. The molecule has 0 spiro atoms. The molecular weight excluding hydrogens is 545 g/mol. The minimum absolute atomic E-state index is 0.0252. The average Bonchev–Trinajstić information content (AvgIpc) is 3.19. The Kier molecular flexibility index (Phi) is 5.12. The van der Waals surface area contributed by atoms with E-state index in [1.54, 1.807) is 6.08 Å². The molecule has 196 valence electrons. The first-order chi connectivity index (χ1) is 17.9. The van der Waals surface area contributed by atoms with Crippen LogP contribution in [0.1, 0.15) is 23.9 Å². The van der Waals surface area contributed by atoms with Gasteiger partial charge in [0.05, 0.1) is 18.3 Å². The van der Waals surface area contributed by atoms with Crippen molar-refractivity contribution in [2.45, 2.75) is 34.7 Å². The zero-order valence-corrected chi connectivity index (χ0v) is 21.1. The van der Waals surface area contributed by atoms with E-state index in [0.29, 0.717) is 5.57 Å². The van der Waals surface area contributed by atoms with Crippen LogP contribution in [0.15, 0.2) is 63.7 Å². The summed E-state index contributed by atoms with van der Waals surface area (Å²) < 4.78 is 31.5. The Morgan fingerprint density at radius 3 is 2.32 bits per heavy atom. The Labute approximate surface area is 222 Å². The zero-order chi connectivity index (χ0) is 27.3. The van der Waals surface area contributed by atoms with E-state index in [9.17, 15) is 33.1 Å². The predicted octanol–water partition coefficient (Wildman–Crippen LogP) is 2.53. The summed E-state index contributed by atoms with van der Waals surface area (Å²) in [6.07, 6.45) is 1.27. The van der Waals surface area contributed by atoms with Crippen molar-refractivity contribution >= 4 is 40.7 Å². The molecular formula is C25H18Cl2F2N4O5. The topological polar surface area (TPSA) is 107 Å². The van der Waals surface area contributed by atoms with Gasteiger partial charge in [0.25, 0.3) is 11.8 Å². The number of hydrogen-bond donors (Lipinski definition) is 1. The maximum Gasteiger partial charge on any atom is 0.347 e. The second-order valence-corrected chi connectivity index (χ2v) is 10.8. The van der Waals surface area contributed by atoms with Crippen molar-refractivity contribution in [3.05, 3.63) is 92.3 Å². The Bertz CT molecular complexity index is 1710. The number of benzene rings is 2. The van der Waals surface area contributed by atoms with Gasteiger partial charge in [-0.15, -0.1) is 23.2 Å². The number of halogens is 4. The van der Waals surface area contributed by atoms with Gasteiger partial charge in [0.1, 0.15) is 5.82 Å². The first-order valence-electron chi connectivity index (χ1n) is 11.5. The van der Waals surface area contributed by atoms with Crippen molar-refractivity contribution in [3.8, 4) is 5.75 Å². The van der Waals surface area contributed by atoms with Gasteiger partial charge in [-0.05, 0) is 47.5 Å². The third-order valence-corrected chi connectivity index (χ3v) is 9.07. The number of hydrogen-bond acceptors (Lipinski definition) is 5. The standard InChI is InChI=1S/C25H18Cl2F2N4O5/c1-30-22(37)31-9-8-15-17(33(31)23(30)38)11-24(26)20(35)32(14-5-3-13(28)4-6-14)21(36)25(24,27)19(15)12-2-7-18(34)16(29)10-12/h2-8,10,17,19,34H,9,11H2,1H3/t17-,19+,24-,25+/m1/s1. The fraction of sp³-hybridized carbons (Fsp3) is 0.280. The number of alkyl halides is 2. The molecule has 38 heavy (non-hydrogen) atoms. The van der Waals surface area contributed by atoms with Gasteiger partial charge < -0.3 is 5.11 Å². The largest absolute Gasteiger partial charge is 0.505 e. The fourth-order valence-electron chi connectivity index (χ4n) is 5.85. The number of fused-ring (bicyclic) bond motifs is 4. The van der Waals surface area contributed by atoms with Gasteiger partial charge >= 0.3 is 11.4 Å². The Morgan fingerprint density at radius 1 is 0.974 bits per heavy atom. The fourth-order valence-corrected chi connectivity index (χ4v) is 6.76. The molecule has 3 aliphatic rings. The molecule has 13 heteroatoms. The van der Waals surface area contributed by atoms with Crippen LogP contribution in [0.3, 0.4) is 0 Å². The van der Waals surface area contributed by atoms with Crippen molar-refractivity contribution in [1.29, 1.82) is 0 Å². The van der Waals surface area contributed by atoms with Crippen molar-refractivity contribution < 1.29 is 23.5 Å². The second kappa shape index (κ2) is 7.90. The molecule has 2 aromatic carbocycles. The second-order valence-electron chi connectivity index (χ2n) is 9.55.